The zero-order valence-corrected chi connectivity index (χ0v) is 22.1. The molecule has 190 valence electrons. The Hall–Kier alpha value is -3.16. The van der Waals surface area contributed by atoms with Gasteiger partial charge in [-0.15, -0.1) is 0 Å². The number of benzene rings is 3. The molecule has 3 aromatic carbocycles. The van der Waals surface area contributed by atoms with Crippen molar-refractivity contribution in [1.29, 1.82) is 0 Å². The molecule has 0 unspecified atom stereocenters. The molecule has 0 radical (unpaired) electrons. The summed E-state index contributed by atoms with van der Waals surface area (Å²) < 4.78 is 26.6. The molecule has 1 heterocycles. The molecule has 1 aliphatic heterocycles. The molecule has 36 heavy (non-hydrogen) atoms. The van der Waals surface area contributed by atoms with Crippen molar-refractivity contribution in [2.45, 2.75) is 46.3 Å². The number of nitrogens with one attached hydrogen (secondary N) is 1. The maximum Gasteiger partial charge on any atom is 0.251 e. The maximum absolute atomic E-state index is 12.7. The van der Waals surface area contributed by atoms with Crippen molar-refractivity contribution >= 4 is 21.6 Å². The molecule has 6 nitrogen and oxygen atoms in total. The number of hydrogen-bond acceptors (Lipinski definition) is 4. The number of anilines is 1. The summed E-state index contributed by atoms with van der Waals surface area (Å²) in [5.74, 6) is -0.155. The molecule has 0 aliphatic carbocycles. The van der Waals surface area contributed by atoms with E-state index >= 15 is 0 Å². The highest BCUT2D eigenvalue weighted by Crippen LogP contribution is 2.28. The lowest BCUT2D eigenvalue weighted by Crippen LogP contribution is -2.30. The third-order valence-electron chi connectivity index (χ3n) is 6.71. The monoisotopic (exact) mass is 505 g/mol. The molecular weight excluding hydrogens is 470 g/mol. The molecule has 0 bridgehead atoms. The van der Waals surface area contributed by atoms with E-state index in [4.69, 9.17) is 0 Å². The van der Waals surface area contributed by atoms with E-state index in [1.165, 1.54) is 42.1 Å². The average Bonchev–Trinajstić information content (AvgIpc) is 3.35. The molecule has 1 saturated heterocycles. The fraction of sp³-hybridized carbons (Fsp3) is 0.345. The quantitative estimate of drug-likeness (QED) is 0.454. The summed E-state index contributed by atoms with van der Waals surface area (Å²) in [6.45, 7) is 7.82. The molecule has 0 saturated carbocycles. The Bertz CT molecular complexity index is 1280. The van der Waals surface area contributed by atoms with E-state index in [9.17, 15) is 13.2 Å². The van der Waals surface area contributed by atoms with Crippen molar-refractivity contribution in [3.05, 3.63) is 100 Å². The van der Waals surface area contributed by atoms with Crippen LogP contribution in [0.4, 0.5) is 5.69 Å². The highest BCUT2D eigenvalue weighted by Gasteiger charge is 2.21. The molecular formula is C29H35N3O3S. The van der Waals surface area contributed by atoms with Crippen LogP contribution in [-0.2, 0) is 29.7 Å². The normalized spacial score (nSPS) is 14.1. The molecule has 1 amide bonds. The second-order valence-corrected chi connectivity index (χ2v) is 11.6. The van der Waals surface area contributed by atoms with Crippen LogP contribution in [0, 0.1) is 13.8 Å². The largest absolute Gasteiger partial charge is 0.348 e. The van der Waals surface area contributed by atoms with E-state index in [2.05, 4.69) is 34.5 Å². The Morgan fingerprint density at radius 1 is 0.861 bits per heavy atom. The number of amides is 1. The number of hydrogen-bond donors (Lipinski definition) is 1. The number of carbonyl (C=O) groups is 1. The summed E-state index contributed by atoms with van der Waals surface area (Å²) in [7, 11) is -3.49. The van der Waals surface area contributed by atoms with Crippen LogP contribution in [0.2, 0.25) is 0 Å². The van der Waals surface area contributed by atoms with Crippen LogP contribution in [0.5, 0.6) is 0 Å². The third-order valence-corrected chi connectivity index (χ3v) is 7.82. The van der Waals surface area contributed by atoms with Gasteiger partial charge in [0.05, 0.1) is 18.5 Å². The topological polar surface area (TPSA) is 69.7 Å². The van der Waals surface area contributed by atoms with Crippen molar-refractivity contribution < 1.29 is 13.2 Å². The average molecular weight is 506 g/mol. The summed E-state index contributed by atoms with van der Waals surface area (Å²) >= 11 is 0. The van der Waals surface area contributed by atoms with Gasteiger partial charge in [0.2, 0.25) is 10.0 Å². The van der Waals surface area contributed by atoms with Gasteiger partial charge in [0.1, 0.15) is 0 Å². The first-order chi connectivity index (χ1) is 17.2. The summed E-state index contributed by atoms with van der Waals surface area (Å²) in [6, 6.07) is 21.3. The number of para-hydroxylation sites is 1. The number of sulfonamides is 1. The molecule has 0 aromatic heterocycles. The van der Waals surface area contributed by atoms with E-state index in [1.807, 2.05) is 44.2 Å². The Morgan fingerprint density at radius 2 is 1.42 bits per heavy atom. The smallest absolute Gasteiger partial charge is 0.251 e. The minimum absolute atomic E-state index is 0.155. The lowest BCUT2D eigenvalue weighted by atomic mass is 10.1. The van der Waals surface area contributed by atoms with Gasteiger partial charge in [-0.25, -0.2) is 8.42 Å². The molecule has 7 heteroatoms. The molecule has 1 N–H and O–H groups in total. The van der Waals surface area contributed by atoms with Gasteiger partial charge < -0.3 is 5.32 Å². The second-order valence-electron chi connectivity index (χ2n) is 9.69. The molecule has 0 atom stereocenters. The van der Waals surface area contributed by atoms with Crippen LogP contribution < -0.4 is 9.62 Å². The van der Waals surface area contributed by atoms with E-state index in [0.717, 1.165) is 28.8 Å². The van der Waals surface area contributed by atoms with Gasteiger partial charge in [0.15, 0.2) is 0 Å². The number of likely N-dealkylation sites (tertiary alicyclic amines) is 1. The number of carbonyl (C=O) groups excluding carboxylic acids is 1. The van der Waals surface area contributed by atoms with Crippen molar-refractivity contribution in [2.75, 3.05) is 23.7 Å². The van der Waals surface area contributed by atoms with Crippen LogP contribution >= 0.6 is 0 Å². The first-order valence-corrected chi connectivity index (χ1v) is 14.3. The minimum Gasteiger partial charge on any atom is -0.348 e. The Kier molecular flexibility index (Phi) is 8.11. The van der Waals surface area contributed by atoms with Gasteiger partial charge in [-0.05, 0) is 79.7 Å². The predicted octanol–water partition coefficient (Wildman–Crippen LogP) is 4.80. The first-order valence-electron chi connectivity index (χ1n) is 12.4. The first kappa shape index (κ1) is 25.9. The fourth-order valence-electron chi connectivity index (χ4n) is 4.73. The van der Waals surface area contributed by atoms with Crippen LogP contribution in [0.1, 0.15) is 51.0 Å². The summed E-state index contributed by atoms with van der Waals surface area (Å²) in [5.41, 5.74) is 6.22. The van der Waals surface area contributed by atoms with Gasteiger partial charge in [-0.2, -0.15) is 0 Å². The zero-order valence-electron chi connectivity index (χ0n) is 21.3. The van der Waals surface area contributed by atoms with Crippen molar-refractivity contribution in [1.82, 2.24) is 10.2 Å². The van der Waals surface area contributed by atoms with E-state index in [1.54, 1.807) is 12.1 Å². The Labute approximate surface area is 215 Å². The fourth-order valence-corrected chi connectivity index (χ4v) is 5.74. The zero-order chi connectivity index (χ0) is 25.7. The van der Waals surface area contributed by atoms with Crippen molar-refractivity contribution in [2.24, 2.45) is 0 Å². The molecule has 0 spiro atoms. The van der Waals surface area contributed by atoms with Gasteiger partial charge in [-0.1, -0.05) is 54.6 Å². The summed E-state index contributed by atoms with van der Waals surface area (Å²) in [6.07, 6.45) is 3.79. The number of nitrogens with zero attached hydrogens (tertiary/aromatic N) is 2. The van der Waals surface area contributed by atoms with E-state index in [0.29, 0.717) is 17.8 Å². The van der Waals surface area contributed by atoms with Crippen LogP contribution in [0.3, 0.4) is 0 Å². The van der Waals surface area contributed by atoms with Crippen LogP contribution in [0.15, 0.2) is 66.7 Å². The van der Waals surface area contributed by atoms with Crippen molar-refractivity contribution in [3.63, 3.8) is 0 Å². The molecule has 1 fully saturated rings. The summed E-state index contributed by atoms with van der Waals surface area (Å²) in [5, 5.41) is 2.98. The van der Waals surface area contributed by atoms with Gasteiger partial charge in [-0.3, -0.25) is 14.0 Å². The number of aryl methyl sites for hydroxylation is 2. The minimum atomic E-state index is -3.49. The standard InChI is InChI=1S/C29H35N3O3S/c1-22-7-6-8-23(2)28(22)32(36(3,34)35)21-26-13-15-27(16-14-26)29(33)30-19-24-9-11-25(12-10-24)20-31-17-4-5-18-31/h6-16H,4-5,17-21H2,1-3H3,(H,30,33). The van der Waals surface area contributed by atoms with Crippen LogP contribution in [0.25, 0.3) is 0 Å². The van der Waals surface area contributed by atoms with Crippen molar-refractivity contribution in [3.8, 4) is 0 Å². The molecule has 3 aromatic rings. The lowest BCUT2D eigenvalue weighted by molar-refractivity contribution is 0.0951. The maximum atomic E-state index is 12.7. The SMILES string of the molecule is Cc1cccc(C)c1N(Cc1ccc(C(=O)NCc2ccc(CN3CCCC3)cc2)cc1)S(C)(=O)=O. The van der Waals surface area contributed by atoms with Gasteiger partial charge in [0.25, 0.3) is 5.91 Å². The van der Waals surface area contributed by atoms with E-state index < -0.39 is 10.0 Å². The lowest BCUT2D eigenvalue weighted by Gasteiger charge is -2.26. The van der Waals surface area contributed by atoms with E-state index in [-0.39, 0.29) is 12.5 Å². The summed E-state index contributed by atoms with van der Waals surface area (Å²) in [4.78, 5) is 15.2. The third kappa shape index (κ3) is 6.53. The van der Waals surface area contributed by atoms with Crippen LogP contribution in [-0.4, -0.2) is 38.6 Å². The second kappa shape index (κ2) is 11.3. The molecule has 4 rings (SSSR count). The predicted molar refractivity (Wildman–Crippen MR) is 146 cm³/mol. The number of rotatable bonds is 9. The Balaban J connectivity index is 1.37. The molecule has 1 aliphatic rings. The van der Waals surface area contributed by atoms with Gasteiger partial charge in [0, 0.05) is 18.7 Å². The van der Waals surface area contributed by atoms with Gasteiger partial charge >= 0.3 is 0 Å². The Morgan fingerprint density at radius 3 is 2.00 bits per heavy atom. The highest BCUT2D eigenvalue weighted by molar-refractivity contribution is 7.92. The highest BCUT2D eigenvalue weighted by atomic mass is 32.2.